The van der Waals surface area contributed by atoms with Crippen molar-refractivity contribution in [3.05, 3.63) is 87.4 Å². The van der Waals surface area contributed by atoms with Gasteiger partial charge < -0.3 is 0 Å². The fraction of sp³-hybridized carbons (Fsp3) is 0.556. The molecule has 0 amide bonds. The Hall–Kier alpha value is -2.78. The summed E-state index contributed by atoms with van der Waals surface area (Å²) in [6, 6.07) is 13.5. The van der Waals surface area contributed by atoms with Crippen molar-refractivity contribution < 1.29 is 9.59 Å². The molecule has 4 aromatic rings. The number of unbranched alkanes of at least 4 members (excludes halogenated alkanes) is 22. The zero-order chi connectivity index (χ0) is 43.5. The van der Waals surface area contributed by atoms with Crippen LogP contribution in [0.4, 0.5) is 0 Å². The topological polar surface area (TPSA) is 59.9 Å². The molecule has 6 heterocycles. The standard InChI is InChI=1S/C54H72N2O2S4/c1-5-7-9-11-13-15-17-19-21-23-25-27-29-41-35-46(60-50(41)43-32-31-39(3)55-37-43)47-36-42(30-28-26-24-22-20-18-16-14-12-10-8-6-2)51(61-47)44-33-34-45(56-38-44)52-49-48(53(57)62-52)40(4)59-54(49)58/h31-38H,5-30H2,1-4H3. The van der Waals surface area contributed by atoms with Crippen molar-refractivity contribution in [2.45, 2.75) is 195 Å². The number of aromatic nitrogens is 2. The van der Waals surface area contributed by atoms with E-state index in [1.165, 1.54) is 202 Å². The Labute approximate surface area is 391 Å². The first-order valence-electron chi connectivity index (χ1n) is 24.4. The molecule has 4 aromatic heterocycles. The molecule has 62 heavy (non-hydrogen) atoms. The van der Waals surface area contributed by atoms with Crippen LogP contribution in [0, 0.1) is 6.92 Å². The molecule has 0 fully saturated rings. The number of carbonyl (C=O) groups excluding carboxylic acids is 2. The molecule has 0 bridgehead atoms. The lowest BCUT2D eigenvalue weighted by Crippen LogP contribution is -1.96. The molecule has 0 radical (unpaired) electrons. The molecule has 2 aliphatic rings. The second-order valence-corrected chi connectivity index (χ2v) is 22.0. The van der Waals surface area contributed by atoms with E-state index in [2.05, 4.69) is 57.3 Å². The van der Waals surface area contributed by atoms with Crippen molar-refractivity contribution in [2.24, 2.45) is 0 Å². The minimum Gasteiger partial charge on any atom is -0.281 e. The molecular weight excluding hydrogens is 837 g/mol. The maximum absolute atomic E-state index is 12.9. The molecule has 334 valence electrons. The summed E-state index contributed by atoms with van der Waals surface area (Å²) in [5.74, 6) is 0. The normalized spacial score (nSPS) is 14.0. The van der Waals surface area contributed by atoms with Crippen molar-refractivity contribution in [1.82, 2.24) is 9.97 Å². The zero-order valence-electron chi connectivity index (χ0n) is 38.3. The summed E-state index contributed by atoms with van der Waals surface area (Å²) in [7, 11) is 0. The first kappa shape index (κ1) is 48.7. The SMILES string of the molecule is CCCCCCCCCCCCCCc1cc(-c2cc(CCCCCCCCCCCCCC)c(-c3ccc(C4=C5C(=O)SC(C)=C5C(=O)S4)nc3)s2)sc1-c1ccc(C)nc1. The van der Waals surface area contributed by atoms with Gasteiger partial charge in [-0.05, 0) is 92.8 Å². The van der Waals surface area contributed by atoms with Crippen molar-refractivity contribution in [3.63, 3.8) is 0 Å². The Morgan fingerprint density at radius 3 is 1.31 bits per heavy atom. The number of hydrogen-bond acceptors (Lipinski definition) is 8. The summed E-state index contributed by atoms with van der Waals surface area (Å²) in [6.45, 7) is 8.52. The van der Waals surface area contributed by atoms with Gasteiger partial charge in [-0.25, -0.2) is 0 Å². The summed E-state index contributed by atoms with van der Waals surface area (Å²) in [5.41, 5.74) is 8.06. The van der Waals surface area contributed by atoms with Crippen molar-refractivity contribution in [3.8, 4) is 30.6 Å². The third-order valence-corrected chi connectivity index (χ3v) is 17.1. The predicted molar refractivity (Wildman–Crippen MR) is 273 cm³/mol. The number of fused-ring (bicyclic) bond motifs is 1. The summed E-state index contributed by atoms with van der Waals surface area (Å²) >= 11 is 6.13. The van der Waals surface area contributed by atoms with Crippen molar-refractivity contribution in [1.29, 1.82) is 0 Å². The number of aryl methyl sites for hydroxylation is 3. The lowest BCUT2D eigenvalue weighted by atomic mass is 10.0. The molecule has 4 nitrogen and oxygen atoms in total. The average Bonchev–Trinajstić information content (AvgIpc) is 4.06. The van der Waals surface area contributed by atoms with E-state index in [9.17, 15) is 9.59 Å². The van der Waals surface area contributed by atoms with E-state index < -0.39 is 0 Å². The second kappa shape index (κ2) is 26.2. The van der Waals surface area contributed by atoms with E-state index in [4.69, 9.17) is 9.97 Å². The van der Waals surface area contributed by atoms with Gasteiger partial charge in [0.25, 0.3) is 0 Å². The van der Waals surface area contributed by atoms with Crippen LogP contribution in [0.25, 0.3) is 35.5 Å². The molecule has 0 spiro atoms. The Balaban J connectivity index is 1.14. The van der Waals surface area contributed by atoms with Crippen LogP contribution >= 0.6 is 46.2 Å². The summed E-state index contributed by atoms with van der Waals surface area (Å²) in [6.07, 6.45) is 38.7. The minimum absolute atomic E-state index is 0.0424. The third-order valence-electron chi connectivity index (χ3n) is 12.6. The Bertz CT molecular complexity index is 2090. The molecule has 8 heteroatoms. The summed E-state index contributed by atoms with van der Waals surface area (Å²) in [4.78, 5) is 42.2. The van der Waals surface area contributed by atoms with Gasteiger partial charge in [-0.3, -0.25) is 19.6 Å². The molecule has 0 saturated carbocycles. The van der Waals surface area contributed by atoms with Gasteiger partial charge in [0.05, 0.1) is 21.7 Å². The molecule has 0 aliphatic carbocycles. The maximum atomic E-state index is 12.9. The van der Waals surface area contributed by atoms with E-state index >= 15 is 0 Å². The molecular formula is C54H72N2O2S4. The number of thioether (sulfide) groups is 2. The van der Waals surface area contributed by atoms with Crippen molar-refractivity contribution >= 4 is 61.3 Å². The van der Waals surface area contributed by atoms with E-state index in [1.807, 2.05) is 41.9 Å². The average molecular weight is 909 g/mol. The van der Waals surface area contributed by atoms with Crippen LogP contribution in [-0.2, 0) is 22.4 Å². The molecule has 0 unspecified atom stereocenters. The molecule has 0 aromatic carbocycles. The molecule has 0 N–H and O–H groups in total. The highest BCUT2D eigenvalue weighted by molar-refractivity contribution is 8.24. The van der Waals surface area contributed by atoms with Gasteiger partial charge in [0.2, 0.25) is 10.2 Å². The number of rotatable bonds is 30. The fourth-order valence-electron chi connectivity index (χ4n) is 8.88. The van der Waals surface area contributed by atoms with Crippen LogP contribution in [0.15, 0.2) is 64.8 Å². The quantitative estimate of drug-likeness (QED) is 0.0486. The molecule has 2 aliphatic heterocycles. The number of carbonyl (C=O) groups is 2. The highest BCUT2D eigenvalue weighted by atomic mass is 32.2. The van der Waals surface area contributed by atoms with Crippen LogP contribution in [-0.4, -0.2) is 20.2 Å². The molecule has 6 rings (SSSR count). The Morgan fingerprint density at radius 1 is 0.468 bits per heavy atom. The van der Waals surface area contributed by atoms with Crippen LogP contribution in [0.5, 0.6) is 0 Å². The number of nitrogens with zero attached hydrogens (tertiary/aromatic N) is 2. The monoisotopic (exact) mass is 908 g/mol. The van der Waals surface area contributed by atoms with Crippen LogP contribution in [0.1, 0.15) is 197 Å². The lowest BCUT2D eigenvalue weighted by Gasteiger charge is -2.07. The first-order chi connectivity index (χ1) is 30.4. The van der Waals surface area contributed by atoms with Gasteiger partial charge in [-0.1, -0.05) is 173 Å². The Kier molecular flexibility index (Phi) is 20.6. The highest BCUT2D eigenvalue weighted by Gasteiger charge is 2.40. The highest BCUT2D eigenvalue weighted by Crippen LogP contribution is 2.52. The summed E-state index contributed by atoms with van der Waals surface area (Å²) < 4.78 is 0. The van der Waals surface area contributed by atoms with Gasteiger partial charge in [0.1, 0.15) is 0 Å². The third kappa shape index (κ3) is 14.1. The van der Waals surface area contributed by atoms with E-state index in [0.717, 1.165) is 40.8 Å². The van der Waals surface area contributed by atoms with E-state index in [0.29, 0.717) is 21.7 Å². The number of allylic oxidation sites excluding steroid dienone is 1. The first-order valence-corrected chi connectivity index (χ1v) is 27.7. The zero-order valence-corrected chi connectivity index (χ0v) is 41.6. The molecule has 0 atom stereocenters. The lowest BCUT2D eigenvalue weighted by molar-refractivity contribution is -0.109. The van der Waals surface area contributed by atoms with E-state index in [-0.39, 0.29) is 10.2 Å². The van der Waals surface area contributed by atoms with Crippen LogP contribution < -0.4 is 0 Å². The van der Waals surface area contributed by atoms with Gasteiger partial charge in [-0.15, -0.1) is 22.7 Å². The summed E-state index contributed by atoms with van der Waals surface area (Å²) in [5, 5.41) is -0.0848. The van der Waals surface area contributed by atoms with Gasteiger partial charge in [0.15, 0.2) is 0 Å². The number of hydrogen-bond donors (Lipinski definition) is 0. The van der Waals surface area contributed by atoms with Crippen LogP contribution in [0.3, 0.4) is 0 Å². The minimum atomic E-state index is -0.0424. The van der Waals surface area contributed by atoms with Crippen LogP contribution in [0.2, 0.25) is 0 Å². The second-order valence-electron chi connectivity index (χ2n) is 17.7. The number of pyridine rings is 2. The van der Waals surface area contributed by atoms with E-state index in [1.54, 1.807) is 0 Å². The largest absolute Gasteiger partial charge is 0.281 e. The maximum Gasteiger partial charge on any atom is 0.225 e. The smallest absolute Gasteiger partial charge is 0.225 e. The van der Waals surface area contributed by atoms with Gasteiger partial charge in [0, 0.05) is 53.6 Å². The Morgan fingerprint density at radius 2 is 0.887 bits per heavy atom. The number of thiophene rings is 2. The predicted octanol–water partition coefficient (Wildman–Crippen LogP) is 17.9. The van der Waals surface area contributed by atoms with Gasteiger partial charge >= 0.3 is 0 Å². The van der Waals surface area contributed by atoms with Gasteiger partial charge in [-0.2, -0.15) is 0 Å². The fourth-order valence-corrected chi connectivity index (χ4v) is 13.4. The van der Waals surface area contributed by atoms with Crippen molar-refractivity contribution in [2.75, 3.05) is 0 Å². The molecule has 0 saturated heterocycles.